The summed E-state index contributed by atoms with van der Waals surface area (Å²) in [5, 5.41) is 4.52. The maximum atomic E-state index is 4.59. The first kappa shape index (κ1) is 11.0. The van der Waals surface area contributed by atoms with Gasteiger partial charge in [0.2, 0.25) is 0 Å². The molecule has 2 heterocycles. The van der Waals surface area contributed by atoms with E-state index in [1.165, 1.54) is 24.1 Å². The largest absolute Gasteiger partial charge is 0.360 e. The summed E-state index contributed by atoms with van der Waals surface area (Å²) in [5.74, 6) is 0. The second kappa shape index (κ2) is 4.63. The molecule has 17 heavy (non-hydrogen) atoms. The minimum atomic E-state index is 0.669. The van der Waals surface area contributed by atoms with E-state index >= 15 is 0 Å². The number of hydrogen-bond acceptors (Lipinski definition) is 4. The molecule has 0 saturated carbocycles. The van der Waals surface area contributed by atoms with Crippen LogP contribution in [0.25, 0.3) is 10.2 Å². The van der Waals surface area contributed by atoms with Crippen molar-refractivity contribution in [1.29, 1.82) is 0 Å². The van der Waals surface area contributed by atoms with Gasteiger partial charge in [-0.25, -0.2) is 4.98 Å². The minimum Gasteiger partial charge on any atom is -0.360 e. The number of likely N-dealkylation sites (N-methyl/N-ethyl adjacent to an activating group) is 1. The topological polar surface area (TPSA) is 28.2 Å². The van der Waals surface area contributed by atoms with Crippen LogP contribution in [0.2, 0.25) is 0 Å². The van der Waals surface area contributed by atoms with Crippen LogP contribution in [0.3, 0.4) is 0 Å². The van der Waals surface area contributed by atoms with E-state index in [0.717, 1.165) is 17.2 Å². The molecule has 1 fully saturated rings. The molecule has 0 spiro atoms. The fraction of sp³-hybridized carbons (Fsp3) is 0.462. The molecule has 3 nitrogen and oxygen atoms in total. The van der Waals surface area contributed by atoms with Crippen molar-refractivity contribution < 1.29 is 0 Å². The van der Waals surface area contributed by atoms with Crippen molar-refractivity contribution in [1.82, 2.24) is 9.88 Å². The maximum absolute atomic E-state index is 4.59. The highest BCUT2D eigenvalue weighted by atomic mass is 32.1. The van der Waals surface area contributed by atoms with Crippen LogP contribution in [0.5, 0.6) is 0 Å². The molecule has 90 valence electrons. The molecule has 1 saturated heterocycles. The van der Waals surface area contributed by atoms with Crippen molar-refractivity contribution in [3.63, 3.8) is 0 Å². The number of thiazole rings is 1. The van der Waals surface area contributed by atoms with Gasteiger partial charge in [0.15, 0.2) is 5.13 Å². The molecule has 1 aliphatic rings. The number of nitrogens with one attached hydrogen (secondary N) is 1. The van der Waals surface area contributed by atoms with Crippen LogP contribution in [0.1, 0.15) is 12.8 Å². The Balaban J connectivity index is 1.68. The molecule has 1 aliphatic heterocycles. The second-order valence-corrected chi connectivity index (χ2v) is 5.67. The number of para-hydroxylation sites is 1. The van der Waals surface area contributed by atoms with Crippen LogP contribution in [-0.2, 0) is 0 Å². The lowest BCUT2D eigenvalue weighted by Crippen LogP contribution is -2.31. The smallest absolute Gasteiger partial charge is 0.183 e. The van der Waals surface area contributed by atoms with Crippen molar-refractivity contribution in [3.05, 3.63) is 24.3 Å². The monoisotopic (exact) mass is 247 g/mol. The molecular weight excluding hydrogens is 230 g/mol. The SMILES string of the molecule is CN1CCCC1CNc1nc2ccccc2s1. The van der Waals surface area contributed by atoms with Crippen LogP contribution in [0.4, 0.5) is 5.13 Å². The van der Waals surface area contributed by atoms with Crippen LogP contribution < -0.4 is 5.32 Å². The van der Waals surface area contributed by atoms with E-state index in [1.54, 1.807) is 11.3 Å². The summed E-state index contributed by atoms with van der Waals surface area (Å²) in [6, 6.07) is 8.96. The third-order valence-corrected chi connectivity index (χ3v) is 4.45. The van der Waals surface area contributed by atoms with E-state index < -0.39 is 0 Å². The van der Waals surface area contributed by atoms with Crippen molar-refractivity contribution in [2.75, 3.05) is 25.5 Å². The van der Waals surface area contributed by atoms with Gasteiger partial charge in [-0.15, -0.1) is 0 Å². The average molecular weight is 247 g/mol. The molecule has 3 rings (SSSR count). The lowest BCUT2D eigenvalue weighted by atomic mass is 10.2. The molecule has 2 aromatic rings. The third-order valence-electron chi connectivity index (χ3n) is 3.45. The molecule has 0 bridgehead atoms. The van der Waals surface area contributed by atoms with Crippen molar-refractivity contribution in [2.24, 2.45) is 0 Å². The summed E-state index contributed by atoms with van der Waals surface area (Å²) in [6.07, 6.45) is 2.62. The first-order valence-corrected chi connectivity index (χ1v) is 6.94. The van der Waals surface area contributed by atoms with Crippen LogP contribution in [0, 0.1) is 0 Å². The summed E-state index contributed by atoms with van der Waals surface area (Å²) < 4.78 is 1.26. The Morgan fingerprint density at radius 1 is 1.47 bits per heavy atom. The molecule has 1 aromatic heterocycles. The van der Waals surface area contributed by atoms with Crippen molar-refractivity contribution >= 4 is 26.7 Å². The van der Waals surface area contributed by atoms with E-state index in [2.05, 4.69) is 40.4 Å². The number of anilines is 1. The van der Waals surface area contributed by atoms with Gasteiger partial charge in [0.05, 0.1) is 10.2 Å². The molecule has 1 aromatic carbocycles. The van der Waals surface area contributed by atoms with Gasteiger partial charge in [0.1, 0.15) is 0 Å². The van der Waals surface area contributed by atoms with E-state index in [9.17, 15) is 0 Å². The van der Waals surface area contributed by atoms with Gasteiger partial charge in [-0.05, 0) is 38.6 Å². The molecule has 1 unspecified atom stereocenters. The van der Waals surface area contributed by atoms with E-state index in [1.807, 2.05) is 6.07 Å². The number of fused-ring (bicyclic) bond motifs is 1. The number of likely N-dealkylation sites (tertiary alicyclic amines) is 1. The zero-order valence-electron chi connectivity index (χ0n) is 10.0. The van der Waals surface area contributed by atoms with Gasteiger partial charge in [-0.2, -0.15) is 0 Å². The predicted molar refractivity (Wildman–Crippen MR) is 73.8 cm³/mol. The Morgan fingerprint density at radius 2 is 2.35 bits per heavy atom. The Hall–Kier alpha value is -1.13. The van der Waals surface area contributed by atoms with Gasteiger partial charge in [-0.1, -0.05) is 23.5 Å². The van der Waals surface area contributed by atoms with Gasteiger partial charge in [0, 0.05) is 12.6 Å². The molecular formula is C13H17N3S. The number of hydrogen-bond donors (Lipinski definition) is 1. The van der Waals surface area contributed by atoms with E-state index in [0.29, 0.717) is 6.04 Å². The Morgan fingerprint density at radius 3 is 3.12 bits per heavy atom. The standard InChI is InChI=1S/C13H17N3S/c1-16-8-4-5-10(16)9-14-13-15-11-6-2-3-7-12(11)17-13/h2-3,6-7,10H,4-5,8-9H2,1H3,(H,14,15). The summed E-state index contributed by atoms with van der Waals surface area (Å²) in [4.78, 5) is 7.02. The van der Waals surface area contributed by atoms with Crippen molar-refractivity contribution in [2.45, 2.75) is 18.9 Å². The van der Waals surface area contributed by atoms with Crippen LogP contribution in [0.15, 0.2) is 24.3 Å². The quantitative estimate of drug-likeness (QED) is 0.904. The van der Waals surface area contributed by atoms with E-state index in [4.69, 9.17) is 0 Å². The molecule has 0 radical (unpaired) electrons. The normalized spacial score (nSPS) is 21.1. The highest BCUT2D eigenvalue weighted by molar-refractivity contribution is 7.22. The fourth-order valence-electron chi connectivity index (χ4n) is 2.39. The Labute approximate surface area is 105 Å². The second-order valence-electron chi connectivity index (χ2n) is 4.64. The van der Waals surface area contributed by atoms with E-state index in [-0.39, 0.29) is 0 Å². The zero-order valence-corrected chi connectivity index (χ0v) is 10.8. The molecule has 0 amide bonds. The average Bonchev–Trinajstić information content (AvgIpc) is 2.92. The molecule has 1 atom stereocenters. The van der Waals surface area contributed by atoms with Gasteiger partial charge < -0.3 is 10.2 Å². The third kappa shape index (κ3) is 2.28. The first-order valence-electron chi connectivity index (χ1n) is 6.12. The number of nitrogens with zero attached hydrogens (tertiary/aromatic N) is 2. The zero-order chi connectivity index (χ0) is 11.7. The maximum Gasteiger partial charge on any atom is 0.183 e. The lowest BCUT2D eigenvalue weighted by molar-refractivity contribution is 0.322. The predicted octanol–water partition coefficient (Wildman–Crippen LogP) is 2.80. The number of rotatable bonds is 3. The first-order chi connectivity index (χ1) is 8.33. The highest BCUT2D eigenvalue weighted by Crippen LogP contribution is 2.25. The van der Waals surface area contributed by atoms with Gasteiger partial charge in [-0.3, -0.25) is 0 Å². The molecule has 1 N–H and O–H groups in total. The minimum absolute atomic E-state index is 0.669. The fourth-order valence-corrected chi connectivity index (χ4v) is 3.26. The van der Waals surface area contributed by atoms with Gasteiger partial charge >= 0.3 is 0 Å². The van der Waals surface area contributed by atoms with Crippen LogP contribution >= 0.6 is 11.3 Å². The lowest BCUT2D eigenvalue weighted by Gasteiger charge is -2.19. The summed E-state index contributed by atoms with van der Waals surface area (Å²) >= 11 is 1.74. The number of aromatic nitrogens is 1. The van der Waals surface area contributed by atoms with Crippen molar-refractivity contribution in [3.8, 4) is 0 Å². The van der Waals surface area contributed by atoms with Crippen LogP contribution in [-0.4, -0.2) is 36.1 Å². The number of benzene rings is 1. The Kier molecular flexibility index (Phi) is 2.99. The summed E-state index contributed by atoms with van der Waals surface area (Å²) in [5.41, 5.74) is 1.10. The Bertz CT molecular complexity index is 475. The van der Waals surface area contributed by atoms with Gasteiger partial charge in [0.25, 0.3) is 0 Å². The molecule has 0 aliphatic carbocycles. The summed E-state index contributed by atoms with van der Waals surface area (Å²) in [7, 11) is 2.21. The highest BCUT2D eigenvalue weighted by Gasteiger charge is 2.20. The molecule has 4 heteroatoms. The summed E-state index contributed by atoms with van der Waals surface area (Å²) in [6.45, 7) is 2.24.